The van der Waals surface area contributed by atoms with Gasteiger partial charge in [0.2, 0.25) is 0 Å². The molecule has 0 aliphatic heterocycles. The number of carbonyl (C=O) groups is 1. The maximum absolute atomic E-state index is 11.3. The van der Waals surface area contributed by atoms with Gasteiger partial charge in [-0.3, -0.25) is 0 Å². The van der Waals surface area contributed by atoms with E-state index in [-0.39, 0.29) is 17.4 Å². The Bertz CT molecular complexity index is 879. The minimum atomic E-state index is -0.304. The summed E-state index contributed by atoms with van der Waals surface area (Å²) in [5.41, 5.74) is 1.80. The quantitative estimate of drug-likeness (QED) is 0.551. The van der Waals surface area contributed by atoms with Gasteiger partial charge in [-0.05, 0) is 68.4 Å². The first-order valence-electron chi connectivity index (χ1n) is 10.1. The Kier molecular flexibility index (Phi) is 5.39. The van der Waals surface area contributed by atoms with E-state index < -0.39 is 0 Å². The highest BCUT2D eigenvalue weighted by atomic mass is 16.5. The van der Waals surface area contributed by atoms with E-state index in [1.54, 1.807) is 7.11 Å². The van der Waals surface area contributed by atoms with E-state index in [4.69, 9.17) is 9.47 Å². The van der Waals surface area contributed by atoms with Crippen molar-refractivity contribution in [2.24, 2.45) is 5.92 Å². The van der Waals surface area contributed by atoms with E-state index >= 15 is 0 Å². The summed E-state index contributed by atoms with van der Waals surface area (Å²) in [4.78, 5) is 11.3. The van der Waals surface area contributed by atoms with Crippen molar-refractivity contribution in [3.8, 4) is 23.3 Å². The lowest BCUT2D eigenvalue weighted by molar-refractivity contribution is -0.114. The van der Waals surface area contributed by atoms with Crippen molar-refractivity contribution in [3.63, 3.8) is 0 Å². The van der Waals surface area contributed by atoms with Crippen molar-refractivity contribution in [2.75, 3.05) is 7.11 Å². The van der Waals surface area contributed by atoms with Crippen LogP contribution in [0.15, 0.2) is 48.5 Å². The van der Waals surface area contributed by atoms with Gasteiger partial charge in [0.25, 0.3) is 0 Å². The smallest absolute Gasteiger partial charge is 0.161 e. The molecule has 144 valence electrons. The van der Waals surface area contributed by atoms with Gasteiger partial charge in [0.1, 0.15) is 6.29 Å². The number of hydrogen-bond acceptors (Lipinski definition) is 3. The van der Waals surface area contributed by atoms with Crippen molar-refractivity contribution >= 4 is 6.29 Å². The molecule has 3 heteroatoms. The van der Waals surface area contributed by atoms with Crippen molar-refractivity contribution in [1.29, 1.82) is 0 Å². The summed E-state index contributed by atoms with van der Waals surface area (Å²) in [7, 11) is 1.67. The van der Waals surface area contributed by atoms with E-state index in [9.17, 15) is 4.79 Å². The molecule has 0 bridgehead atoms. The van der Waals surface area contributed by atoms with Crippen molar-refractivity contribution in [1.82, 2.24) is 0 Å². The molecule has 0 saturated heterocycles. The number of hydrogen-bond donors (Lipinski definition) is 0. The van der Waals surface area contributed by atoms with E-state index in [1.807, 2.05) is 36.4 Å². The molecule has 0 aromatic heterocycles. The Balaban J connectivity index is 1.66. The molecule has 4 rings (SSSR count). The SMILES string of the molecule is COc1ccc([C@]2(C#Cc3ccccc3)C[C@@H](C=O)C2)cc1OC1CCCC1. The number of rotatable bonds is 5. The molecule has 0 spiro atoms. The summed E-state index contributed by atoms with van der Waals surface area (Å²) in [6, 6.07) is 16.1. The van der Waals surface area contributed by atoms with Crippen molar-refractivity contribution in [3.05, 3.63) is 59.7 Å². The normalized spacial score (nSPS) is 24.0. The lowest BCUT2D eigenvalue weighted by atomic mass is 9.59. The summed E-state index contributed by atoms with van der Waals surface area (Å²) in [6.45, 7) is 0. The fraction of sp³-hybridized carbons (Fsp3) is 0.400. The number of methoxy groups -OCH3 is 1. The van der Waals surface area contributed by atoms with E-state index in [2.05, 4.69) is 24.0 Å². The predicted molar refractivity (Wildman–Crippen MR) is 110 cm³/mol. The van der Waals surface area contributed by atoms with Crippen molar-refractivity contribution in [2.45, 2.75) is 50.0 Å². The van der Waals surface area contributed by atoms with E-state index in [0.29, 0.717) is 0 Å². The van der Waals surface area contributed by atoms with Gasteiger partial charge >= 0.3 is 0 Å². The fourth-order valence-electron chi connectivity index (χ4n) is 4.31. The number of aldehydes is 1. The molecule has 0 radical (unpaired) electrons. The van der Waals surface area contributed by atoms with Gasteiger partial charge < -0.3 is 14.3 Å². The molecule has 2 saturated carbocycles. The summed E-state index contributed by atoms with van der Waals surface area (Å²) in [5.74, 6) is 8.42. The Hall–Kier alpha value is -2.73. The second-order valence-corrected chi connectivity index (χ2v) is 7.89. The van der Waals surface area contributed by atoms with Crippen LogP contribution in [0.25, 0.3) is 0 Å². The van der Waals surface area contributed by atoms with Crippen LogP contribution in [0.4, 0.5) is 0 Å². The number of carbonyl (C=O) groups excluding carboxylic acids is 1. The van der Waals surface area contributed by atoms with E-state index in [1.165, 1.54) is 12.8 Å². The largest absolute Gasteiger partial charge is 0.493 e. The predicted octanol–water partition coefficient (Wildman–Crippen LogP) is 4.92. The Morgan fingerprint density at radius 2 is 1.79 bits per heavy atom. The topological polar surface area (TPSA) is 35.5 Å². The molecule has 3 nitrogen and oxygen atoms in total. The second kappa shape index (κ2) is 8.10. The molecule has 0 N–H and O–H groups in total. The first kappa shape index (κ1) is 18.6. The van der Waals surface area contributed by atoms with E-state index in [0.717, 1.165) is 54.6 Å². The van der Waals surface area contributed by atoms with Gasteiger partial charge in [-0.25, -0.2) is 0 Å². The molecule has 0 unspecified atom stereocenters. The molecule has 2 aliphatic rings. The molecule has 0 heterocycles. The minimum Gasteiger partial charge on any atom is -0.493 e. The van der Waals surface area contributed by atoms with Crippen LogP contribution >= 0.6 is 0 Å². The third-order valence-electron chi connectivity index (χ3n) is 5.95. The van der Waals surface area contributed by atoms with Crippen LogP contribution in [0, 0.1) is 17.8 Å². The zero-order chi connectivity index (χ0) is 19.4. The summed E-state index contributed by atoms with van der Waals surface area (Å²) in [6.07, 6.45) is 7.47. The molecule has 0 amide bonds. The van der Waals surface area contributed by atoms with Crippen molar-refractivity contribution < 1.29 is 14.3 Å². The number of benzene rings is 2. The summed E-state index contributed by atoms with van der Waals surface area (Å²) >= 11 is 0. The van der Waals surface area contributed by atoms with Gasteiger partial charge in [0.05, 0.1) is 18.6 Å². The Morgan fingerprint density at radius 1 is 1.04 bits per heavy atom. The zero-order valence-electron chi connectivity index (χ0n) is 16.3. The van der Waals surface area contributed by atoms with Crippen LogP contribution in [0.5, 0.6) is 11.5 Å². The molecule has 0 atom stereocenters. The van der Waals surface area contributed by atoms with Gasteiger partial charge in [0, 0.05) is 11.5 Å². The highest BCUT2D eigenvalue weighted by Crippen LogP contribution is 2.48. The molecule has 2 aromatic rings. The van der Waals surface area contributed by atoms with Gasteiger partial charge in [-0.1, -0.05) is 36.1 Å². The van der Waals surface area contributed by atoms with Gasteiger partial charge in [-0.15, -0.1) is 0 Å². The maximum Gasteiger partial charge on any atom is 0.161 e. The van der Waals surface area contributed by atoms with Crippen LogP contribution in [-0.2, 0) is 10.2 Å². The monoisotopic (exact) mass is 374 g/mol. The van der Waals surface area contributed by atoms with Crippen LogP contribution in [0.3, 0.4) is 0 Å². The first-order valence-corrected chi connectivity index (χ1v) is 10.1. The standard InChI is InChI=1S/C25H26O3/c1-27-23-12-11-21(15-24(23)28-22-9-5-6-10-22)25(16-20(17-25)18-26)14-13-19-7-3-2-4-8-19/h2-4,7-8,11-12,15,18,20,22H,5-6,9-10,16-17H2,1H3/t20-,25-. The molecular formula is C25H26O3. The van der Waals surface area contributed by atoms with Crippen LogP contribution in [0.1, 0.15) is 49.7 Å². The average molecular weight is 374 g/mol. The Labute approximate surface area is 167 Å². The maximum atomic E-state index is 11.3. The molecule has 2 aromatic carbocycles. The first-order chi connectivity index (χ1) is 13.7. The van der Waals surface area contributed by atoms with Gasteiger partial charge in [0.15, 0.2) is 11.5 Å². The van der Waals surface area contributed by atoms with Crippen LogP contribution in [-0.4, -0.2) is 19.5 Å². The van der Waals surface area contributed by atoms with Crippen LogP contribution < -0.4 is 9.47 Å². The second-order valence-electron chi connectivity index (χ2n) is 7.89. The molecule has 28 heavy (non-hydrogen) atoms. The highest BCUT2D eigenvalue weighted by molar-refractivity contribution is 5.61. The summed E-state index contributed by atoms with van der Waals surface area (Å²) in [5, 5.41) is 0. The van der Waals surface area contributed by atoms with Gasteiger partial charge in [-0.2, -0.15) is 0 Å². The third-order valence-corrected chi connectivity index (χ3v) is 5.95. The molecule has 2 fully saturated rings. The average Bonchev–Trinajstić information content (AvgIpc) is 3.21. The third kappa shape index (κ3) is 3.78. The fourth-order valence-corrected chi connectivity index (χ4v) is 4.31. The Morgan fingerprint density at radius 3 is 2.46 bits per heavy atom. The lowest BCUT2D eigenvalue weighted by Gasteiger charge is -2.42. The highest BCUT2D eigenvalue weighted by Gasteiger charge is 2.44. The minimum absolute atomic E-state index is 0.0753. The molecular weight excluding hydrogens is 348 g/mol. The lowest BCUT2D eigenvalue weighted by Crippen LogP contribution is -2.40. The summed E-state index contributed by atoms with van der Waals surface area (Å²) < 4.78 is 11.8. The molecule has 2 aliphatic carbocycles. The zero-order valence-corrected chi connectivity index (χ0v) is 16.3. The van der Waals surface area contributed by atoms with Crippen LogP contribution in [0.2, 0.25) is 0 Å². The number of ether oxygens (including phenoxy) is 2.